The SMILES string of the molecule is O=C(COc1cccc(C(F)(F)F)c1Cl)c1ccccc1. The maximum atomic E-state index is 12.7. The Balaban J connectivity index is 2.13. The summed E-state index contributed by atoms with van der Waals surface area (Å²) in [6.45, 7) is -0.384. The van der Waals surface area contributed by atoms with Crippen LogP contribution in [-0.4, -0.2) is 12.4 Å². The summed E-state index contributed by atoms with van der Waals surface area (Å²) in [4.78, 5) is 11.8. The Morgan fingerprint density at radius 2 is 1.71 bits per heavy atom. The molecule has 21 heavy (non-hydrogen) atoms. The van der Waals surface area contributed by atoms with Gasteiger partial charge < -0.3 is 4.74 Å². The number of carbonyl (C=O) groups is 1. The summed E-state index contributed by atoms with van der Waals surface area (Å²) in [5.41, 5.74) is -0.575. The topological polar surface area (TPSA) is 26.3 Å². The summed E-state index contributed by atoms with van der Waals surface area (Å²) >= 11 is 5.67. The fourth-order valence-electron chi connectivity index (χ4n) is 1.69. The Hall–Kier alpha value is -2.01. The van der Waals surface area contributed by atoms with Gasteiger partial charge in [0.15, 0.2) is 12.4 Å². The maximum absolute atomic E-state index is 12.7. The van der Waals surface area contributed by atoms with Crippen molar-refractivity contribution in [3.05, 3.63) is 64.7 Å². The summed E-state index contributed by atoms with van der Waals surface area (Å²) in [5, 5.41) is -0.550. The second-order valence-electron chi connectivity index (χ2n) is 4.19. The number of ketones is 1. The summed E-state index contributed by atoms with van der Waals surface area (Å²) in [5.74, 6) is -0.514. The van der Waals surface area contributed by atoms with Crippen LogP contribution in [0.5, 0.6) is 5.75 Å². The molecule has 0 aliphatic heterocycles. The molecule has 2 rings (SSSR count). The fraction of sp³-hybridized carbons (Fsp3) is 0.133. The third-order valence-electron chi connectivity index (χ3n) is 2.72. The Labute approximate surface area is 124 Å². The minimum absolute atomic E-state index is 0.171. The van der Waals surface area contributed by atoms with Crippen LogP contribution in [0.2, 0.25) is 5.02 Å². The van der Waals surface area contributed by atoms with Gasteiger partial charge in [0.25, 0.3) is 0 Å². The van der Waals surface area contributed by atoms with Crippen molar-refractivity contribution in [2.75, 3.05) is 6.61 Å². The molecule has 2 aromatic carbocycles. The molecule has 0 saturated carbocycles. The van der Waals surface area contributed by atoms with Crippen molar-refractivity contribution in [3.63, 3.8) is 0 Å². The average molecular weight is 315 g/mol. The van der Waals surface area contributed by atoms with Crippen LogP contribution in [0.4, 0.5) is 13.2 Å². The van der Waals surface area contributed by atoms with Crippen molar-refractivity contribution >= 4 is 17.4 Å². The highest BCUT2D eigenvalue weighted by Gasteiger charge is 2.34. The molecule has 0 saturated heterocycles. The Morgan fingerprint density at radius 1 is 1.05 bits per heavy atom. The first-order valence-corrected chi connectivity index (χ1v) is 6.34. The summed E-state index contributed by atoms with van der Waals surface area (Å²) in [7, 11) is 0. The van der Waals surface area contributed by atoms with Gasteiger partial charge in [0.1, 0.15) is 5.75 Å². The van der Waals surface area contributed by atoms with Crippen LogP contribution in [0.25, 0.3) is 0 Å². The normalized spacial score (nSPS) is 11.2. The lowest BCUT2D eigenvalue weighted by Crippen LogP contribution is -2.13. The number of hydrogen-bond acceptors (Lipinski definition) is 2. The van der Waals surface area contributed by atoms with Gasteiger partial charge in [-0.3, -0.25) is 4.79 Å². The number of Topliss-reactive ketones (excluding diaryl/α,β-unsaturated/α-hetero) is 1. The Morgan fingerprint density at radius 3 is 2.33 bits per heavy atom. The molecule has 0 aromatic heterocycles. The first-order valence-electron chi connectivity index (χ1n) is 5.96. The number of alkyl halides is 3. The molecule has 0 atom stereocenters. The molecule has 2 nitrogen and oxygen atoms in total. The van der Waals surface area contributed by atoms with Crippen molar-refractivity contribution in [3.8, 4) is 5.75 Å². The van der Waals surface area contributed by atoms with Gasteiger partial charge in [-0.25, -0.2) is 0 Å². The van der Waals surface area contributed by atoms with Crippen LogP contribution in [0.3, 0.4) is 0 Å². The third kappa shape index (κ3) is 3.76. The molecule has 0 heterocycles. The van der Waals surface area contributed by atoms with Crippen LogP contribution >= 0.6 is 11.6 Å². The highest BCUT2D eigenvalue weighted by atomic mass is 35.5. The van der Waals surface area contributed by atoms with E-state index >= 15 is 0 Å². The maximum Gasteiger partial charge on any atom is 0.417 e. The van der Waals surface area contributed by atoms with E-state index in [4.69, 9.17) is 16.3 Å². The molecule has 0 radical (unpaired) electrons. The molecule has 0 aliphatic carbocycles. The van der Waals surface area contributed by atoms with Gasteiger partial charge in [-0.15, -0.1) is 0 Å². The van der Waals surface area contributed by atoms with Crippen molar-refractivity contribution in [2.45, 2.75) is 6.18 Å². The smallest absolute Gasteiger partial charge is 0.417 e. The minimum atomic E-state index is -4.57. The summed E-state index contributed by atoms with van der Waals surface area (Å²) < 4.78 is 43.2. The number of rotatable bonds is 4. The molecule has 0 unspecified atom stereocenters. The first-order chi connectivity index (χ1) is 9.89. The largest absolute Gasteiger partial charge is 0.484 e. The van der Waals surface area contributed by atoms with Gasteiger partial charge in [0.05, 0.1) is 10.6 Å². The van der Waals surface area contributed by atoms with Gasteiger partial charge >= 0.3 is 6.18 Å². The highest BCUT2D eigenvalue weighted by Crippen LogP contribution is 2.39. The van der Waals surface area contributed by atoms with Gasteiger partial charge in [-0.05, 0) is 12.1 Å². The van der Waals surface area contributed by atoms with Crippen LogP contribution in [-0.2, 0) is 6.18 Å². The zero-order valence-electron chi connectivity index (χ0n) is 10.7. The second kappa shape index (κ2) is 6.18. The quantitative estimate of drug-likeness (QED) is 0.770. The number of hydrogen-bond donors (Lipinski definition) is 0. The third-order valence-corrected chi connectivity index (χ3v) is 3.11. The standard InChI is InChI=1S/C15H10ClF3O2/c16-14-11(15(17,18)19)7-4-8-13(14)21-9-12(20)10-5-2-1-3-6-10/h1-8H,9H2. The molecular weight excluding hydrogens is 305 g/mol. The average Bonchev–Trinajstić information content (AvgIpc) is 2.45. The molecule has 0 bridgehead atoms. The van der Waals surface area contributed by atoms with E-state index in [-0.39, 0.29) is 18.1 Å². The molecule has 110 valence electrons. The lowest BCUT2D eigenvalue weighted by molar-refractivity contribution is -0.137. The molecule has 0 fully saturated rings. The molecule has 0 N–H and O–H groups in total. The Kier molecular flexibility index (Phi) is 4.53. The van der Waals surface area contributed by atoms with Crippen molar-refractivity contribution in [2.24, 2.45) is 0 Å². The van der Waals surface area contributed by atoms with Gasteiger partial charge in [0, 0.05) is 5.56 Å². The van der Waals surface area contributed by atoms with Crippen molar-refractivity contribution in [1.29, 1.82) is 0 Å². The van der Waals surface area contributed by atoms with E-state index in [0.29, 0.717) is 5.56 Å². The van der Waals surface area contributed by atoms with Crippen LogP contribution in [0.1, 0.15) is 15.9 Å². The lowest BCUT2D eigenvalue weighted by Gasteiger charge is -2.12. The zero-order valence-corrected chi connectivity index (χ0v) is 11.4. The summed E-state index contributed by atoms with van der Waals surface area (Å²) in [6.07, 6.45) is -4.57. The van der Waals surface area contributed by atoms with Crippen LogP contribution in [0, 0.1) is 0 Å². The molecule has 0 spiro atoms. The molecule has 6 heteroatoms. The first kappa shape index (κ1) is 15.4. The number of benzene rings is 2. The molecule has 0 aliphatic rings. The number of carbonyl (C=O) groups excluding carboxylic acids is 1. The minimum Gasteiger partial charge on any atom is -0.484 e. The fourth-order valence-corrected chi connectivity index (χ4v) is 1.98. The molecule has 0 amide bonds. The van der Waals surface area contributed by atoms with Gasteiger partial charge in [-0.1, -0.05) is 48.0 Å². The van der Waals surface area contributed by atoms with E-state index < -0.39 is 16.8 Å². The van der Waals surface area contributed by atoms with Crippen molar-refractivity contribution in [1.82, 2.24) is 0 Å². The number of halogens is 4. The Bertz CT molecular complexity index is 639. The summed E-state index contributed by atoms with van der Waals surface area (Å²) in [6, 6.07) is 11.6. The van der Waals surface area contributed by atoms with E-state index in [1.54, 1.807) is 30.3 Å². The van der Waals surface area contributed by atoms with Crippen LogP contribution < -0.4 is 4.74 Å². The predicted octanol–water partition coefficient (Wildman–Crippen LogP) is 4.62. The molecule has 2 aromatic rings. The van der Waals surface area contributed by atoms with Crippen molar-refractivity contribution < 1.29 is 22.7 Å². The highest BCUT2D eigenvalue weighted by molar-refractivity contribution is 6.32. The predicted molar refractivity (Wildman–Crippen MR) is 72.7 cm³/mol. The lowest BCUT2D eigenvalue weighted by atomic mass is 10.1. The van der Waals surface area contributed by atoms with Crippen LogP contribution in [0.15, 0.2) is 48.5 Å². The van der Waals surface area contributed by atoms with Gasteiger partial charge in [0.2, 0.25) is 0 Å². The zero-order chi connectivity index (χ0) is 15.5. The second-order valence-corrected chi connectivity index (χ2v) is 4.57. The van der Waals surface area contributed by atoms with Gasteiger partial charge in [-0.2, -0.15) is 13.2 Å². The van der Waals surface area contributed by atoms with E-state index in [1.807, 2.05) is 0 Å². The monoisotopic (exact) mass is 314 g/mol. The van der Waals surface area contributed by atoms with E-state index in [0.717, 1.165) is 6.07 Å². The van der Waals surface area contributed by atoms with E-state index in [2.05, 4.69) is 0 Å². The van der Waals surface area contributed by atoms with E-state index in [9.17, 15) is 18.0 Å². The molecular formula is C15H10ClF3O2. The number of ether oxygens (including phenoxy) is 1. The van der Waals surface area contributed by atoms with E-state index in [1.165, 1.54) is 12.1 Å².